The highest BCUT2D eigenvalue weighted by molar-refractivity contribution is 5.89. The van der Waals surface area contributed by atoms with Crippen LogP contribution in [0.1, 0.15) is 18.4 Å². The average Bonchev–Trinajstić information content (AvgIpc) is 2.79. The zero-order valence-corrected chi connectivity index (χ0v) is 17.7. The summed E-state index contributed by atoms with van der Waals surface area (Å²) in [7, 11) is 1.70. The minimum atomic E-state index is -0.0149. The summed E-state index contributed by atoms with van der Waals surface area (Å²) in [6, 6.07) is 22.5. The van der Waals surface area contributed by atoms with Crippen LogP contribution >= 0.6 is 0 Å². The SMILES string of the molecule is COc1ccc2cc(C(C)CN3CCN(C(=O)Nc4ccccc4)CC3)ccc2c1. The average molecular weight is 404 g/mol. The van der Waals surface area contributed by atoms with Gasteiger partial charge in [0.1, 0.15) is 5.75 Å². The molecule has 1 fully saturated rings. The Morgan fingerprint density at radius 2 is 1.67 bits per heavy atom. The lowest BCUT2D eigenvalue weighted by Crippen LogP contribution is -2.50. The van der Waals surface area contributed by atoms with E-state index in [-0.39, 0.29) is 6.03 Å². The van der Waals surface area contributed by atoms with Gasteiger partial charge in [-0.05, 0) is 46.5 Å². The van der Waals surface area contributed by atoms with Gasteiger partial charge < -0.3 is 15.0 Å². The number of para-hydroxylation sites is 1. The molecule has 0 spiro atoms. The molecule has 1 N–H and O–H groups in total. The molecule has 4 rings (SSSR count). The summed E-state index contributed by atoms with van der Waals surface area (Å²) in [6.45, 7) is 6.58. The number of urea groups is 1. The number of nitrogens with zero attached hydrogens (tertiary/aromatic N) is 2. The number of hydrogen-bond donors (Lipinski definition) is 1. The second-order valence-electron chi connectivity index (χ2n) is 7.96. The summed E-state index contributed by atoms with van der Waals surface area (Å²) in [6.07, 6.45) is 0. The summed E-state index contributed by atoms with van der Waals surface area (Å²) in [5, 5.41) is 5.41. The van der Waals surface area contributed by atoms with Crippen LogP contribution in [0.15, 0.2) is 66.7 Å². The molecule has 1 aliphatic heterocycles. The number of carbonyl (C=O) groups is 1. The van der Waals surface area contributed by atoms with Crippen molar-refractivity contribution in [3.63, 3.8) is 0 Å². The third-order valence-electron chi connectivity index (χ3n) is 5.86. The summed E-state index contributed by atoms with van der Waals surface area (Å²) >= 11 is 0. The number of piperazine rings is 1. The molecule has 0 aliphatic carbocycles. The quantitative estimate of drug-likeness (QED) is 0.665. The van der Waals surface area contributed by atoms with Crippen LogP contribution in [0.3, 0.4) is 0 Å². The summed E-state index contributed by atoms with van der Waals surface area (Å²) in [5.41, 5.74) is 2.18. The van der Waals surface area contributed by atoms with Crippen molar-refractivity contribution in [2.45, 2.75) is 12.8 Å². The van der Waals surface area contributed by atoms with Crippen LogP contribution in [-0.4, -0.2) is 55.7 Å². The monoisotopic (exact) mass is 403 g/mol. The Kier molecular flexibility index (Phi) is 6.19. The van der Waals surface area contributed by atoms with Crippen molar-refractivity contribution in [2.24, 2.45) is 0 Å². The molecule has 30 heavy (non-hydrogen) atoms. The van der Waals surface area contributed by atoms with E-state index in [1.54, 1.807) is 7.11 Å². The predicted molar refractivity (Wildman–Crippen MR) is 122 cm³/mol. The van der Waals surface area contributed by atoms with Crippen molar-refractivity contribution in [1.29, 1.82) is 0 Å². The number of rotatable bonds is 5. The molecule has 0 radical (unpaired) electrons. The molecule has 5 nitrogen and oxygen atoms in total. The van der Waals surface area contributed by atoms with Crippen LogP contribution < -0.4 is 10.1 Å². The Hall–Kier alpha value is -3.05. The highest BCUT2D eigenvalue weighted by Gasteiger charge is 2.22. The Morgan fingerprint density at radius 3 is 2.40 bits per heavy atom. The van der Waals surface area contributed by atoms with Crippen molar-refractivity contribution in [3.8, 4) is 5.75 Å². The number of amides is 2. The molecule has 3 aromatic rings. The molecule has 5 heteroatoms. The van der Waals surface area contributed by atoms with Gasteiger partial charge in [0.05, 0.1) is 7.11 Å². The van der Waals surface area contributed by atoms with E-state index in [9.17, 15) is 4.79 Å². The summed E-state index contributed by atoms with van der Waals surface area (Å²) < 4.78 is 5.32. The zero-order chi connectivity index (χ0) is 20.9. The third kappa shape index (κ3) is 4.74. The second kappa shape index (κ2) is 9.18. The van der Waals surface area contributed by atoms with Crippen LogP contribution in [0.4, 0.5) is 10.5 Å². The Labute approximate surface area is 178 Å². The number of benzene rings is 3. The van der Waals surface area contributed by atoms with Crippen LogP contribution in [0.5, 0.6) is 5.75 Å². The molecule has 1 heterocycles. The fourth-order valence-corrected chi connectivity index (χ4v) is 4.03. The zero-order valence-electron chi connectivity index (χ0n) is 17.7. The number of nitrogens with one attached hydrogen (secondary N) is 1. The van der Waals surface area contributed by atoms with Crippen LogP contribution in [-0.2, 0) is 0 Å². The minimum absolute atomic E-state index is 0.0149. The standard InChI is InChI=1S/C25H29N3O2/c1-19(20-8-9-22-17-24(30-2)11-10-21(22)16-20)18-27-12-14-28(15-13-27)25(29)26-23-6-4-3-5-7-23/h3-11,16-17,19H,12-15,18H2,1-2H3,(H,26,29). The third-order valence-corrected chi connectivity index (χ3v) is 5.86. The van der Waals surface area contributed by atoms with Gasteiger partial charge in [0, 0.05) is 38.4 Å². The second-order valence-corrected chi connectivity index (χ2v) is 7.96. The number of methoxy groups -OCH3 is 1. The van der Waals surface area contributed by atoms with Gasteiger partial charge in [-0.3, -0.25) is 4.90 Å². The Morgan fingerprint density at radius 1 is 0.967 bits per heavy atom. The first-order valence-corrected chi connectivity index (χ1v) is 10.5. The van der Waals surface area contributed by atoms with E-state index in [0.29, 0.717) is 5.92 Å². The van der Waals surface area contributed by atoms with E-state index >= 15 is 0 Å². The number of carbonyl (C=O) groups excluding carboxylic acids is 1. The molecule has 156 valence electrons. The molecule has 0 aromatic heterocycles. The lowest BCUT2D eigenvalue weighted by molar-refractivity contribution is 0.143. The minimum Gasteiger partial charge on any atom is -0.497 e. The summed E-state index contributed by atoms with van der Waals surface area (Å²) in [4.78, 5) is 16.8. The van der Waals surface area contributed by atoms with Gasteiger partial charge in [-0.1, -0.05) is 49.4 Å². The van der Waals surface area contributed by atoms with Gasteiger partial charge in [-0.15, -0.1) is 0 Å². The topological polar surface area (TPSA) is 44.8 Å². The lowest BCUT2D eigenvalue weighted by Gasteiger charge is -2.36. The molecule has 1 saturated heterocycles. The highest BCUT2D eigenvalue weighted by atomic mass is 16.5. The maximum atomic E-state index is 12.5. The number of hydrogen-bond acceptors (Lipinski definition) is 3. The highest BCUT2D eigenvalue weighted by Crippen LogP contribution is 2.26. The van der Waals surface area contributed by atoms with Crippen molar-refractivity contribution in [3.05, 3.63) is 72.3 Å². The molecule has 1 aliphatic rings. The molecule has 2 amide bonds. The lowest BCUT2D eigenvalue weighted by atomic mass is 9.97. The molecule has 0 saturated carbocycles. The molecular formula is C25H29N3O2. The van der Waals surface area contributed by atoms with Crippen molar-refractivity contribution < 1.29 is 9.53 Å². The van der Waals surface area contributed by atoms with Crippen molar-refractivity contribution >= 4 is 22.5 Å². The van der Waals surface area contributed by atoms with Crippen LogP contribution in [0.25, 0.3) is 10.8 Å². The van der Waals surface area contributed by atoms with Crippen LogP contribution in [0, 0.1) is 0 Å². The van der Waals surface area contributed by atoms with E-state index < -0.39 is 0 Å². The maximum absolute atomic E-state index is 12.5. The number of fused-ring (bicyclic) bond motifs is 1. The van der Waals surface area contributed by atoms with Crippen LogP contribution in [0.2, 0.25) is 0 Å². The molecule has 0 bridgehead atoms. The predicted octanol–water partition coefficient (Wildman–Crippen LogP) is 4.80. The van der Waals surface area contributed by atoms with Gasteiger partial charge in [-0.2, -0.15) is 0 Å². The Balaban J connectivity index is 1.31. The maximum Gasteiger partial charge on any atom is 0.321 e. The molecule has 1 unspecified atom stereocenters. The molecule has 1 atom stereocenters. The molecule has 3 aromatic carbocycles. The van der Waals surface area contributed by atoms with Gasteiger partial charge in [0.25, 0.3) is 0 Å². The largest absolute Gasteiger partial charge is 0.497 e. The number of ether oxygens (including phenoxy) is 1. The van der Waals surface area contributed by atoms with Crippen molar-refractivity contribution in [1.82, 2.24) is 9.80 Å². The van der Waals surface area contributed by atoms with E-state index in [1.165, 1.54) is 16.3 Å². The number of anilines is 1. The fourth-order valence-electron chi connectivity index (χ4n) is 4.03. The smallest absolute Gasteiger partial charge is 0.321 e. The molecular weight excluding hydrogens is 374 g/mol. The van der Waals surface area contributed by atoms with Gasteiger partial charge >= 0.3 is 6.03 Å². The summed E-state index contributed by atoms with van der Waals surface area (Å²) in [5.74, 6) is 1.32. The van der Waals surface area contributed by atoms with Crippen molar-refractivity contribution in [2.75, 3.05) is 45.2 Å². The van der Waals surface area contributed by atoms with E-state index in [0.717, 1.165) is 44.2 Å². The van der Waals surface area contributed by atoms with Gasteiger partial charge in [-0.25, -0.2) is 4.79 Å². The van der Waals surface area contributed by atoms with E-state index in [1.807, 2.05) is 41.3 Å². The first kappa shape index (κ1) is 20.2. The normalized spacial score (nSPS) is 15.7. The Bertz CT molecular complexity index is 998. The first-order valence-electron chi connectivity index (χ1n) is 10.5. The van der Waals surface area contributed by atoms with E-state index in [4.69, 9.17) is 4.74 Å². The first-order chi connectivity index (χ1) is 14.6. The van der Waals surface area contributed by atoms with E-state index in [2.05, 4.69) is 47.5 Å². The fraction of sp³-hybridized carbons (Fsp3) is 0.320. The van der Waals surface area contributed by atoms with Gasteiger partial charge in [0.15, 0.2) is 0 Å². The van der Waals surface area contributed by atoms with Gasteiger partial charge in [0.2, 0.25) is 0 Å².